The first kappa shape index (κ1) is 75.1. The van der Waals surface area contributed by atoms with E-state index in [4.69, 9.17) is 8.83 Å². The molecule has 126 heavy (non-hydrogen) atoms. The number of anilines is 6. The van der Waals surface area contributed by atoms with Crippen molar-refractivity contribution < 1.29 is 8.83 Å². The maximum atomic E-state index is 6.23. The molecule has 0 fully saturated rings. The highest BCUT2D eigenvalue weighted by Gasteiger charge is 2.39. The second kappa shape index (κ2) is 30.6. The molecule has 596 valence electrons. The van der Waals surface area contributed by atoms with Gasteiger partial charge in [0.1, 0.15) is 22.3 Å². The van der Waals surface area contributed by atoms with E-state index in [9.17, 15) is 0 Å². The van der Waals surface area contributed by atoms with Crippen LogP contribution in [0.25, 0.3) is 177 Å². The predicted octanol–water partition coefficient (Wildman–Crippen LogP) is 34.4. The van der Waals surface area contributed by atoms with Crippen LogP contribution in [0.1, 0.15) is 49.9 Å². The van der Waals surface area contributed by atoms with Crippen LogP contribution in [0, 0.1) is 0 Å². The number of nitrogens with zero attached hydrogens (tertiary/aromatic N) is 2. The fourth-order valence-corrected chi connectivity index (χ4v) is 20.0. The Morgan fingerprint density at radius 3 is 0.810 bits per heavy atom. The summed E-state index contributed by atoms with van der Waals surface area (Å²) < 4.78 is 12.4. The largest absolute Gasteiger partial charge is 0.456 e. The van der Waals surface area contributed by atoms with Gasteiger partial charge in [0.15, 0.2) is 0 Å². The number of furan rings is 2. The van der Waals surface area contributed by atoms with Crippen LogP contribution >= 0.6 is 0 Å². The van der Waals surface area contributed by atoms with Crippen molar-refractivity contribution in [2.75, 3.05) is 9.80 Å². The summed E-state index contributed by atoms with van der Waals surface area (Å²) in [7, 11) is 0. The lowest BCUT2D eigenvalue weighted by molar-refractivity contribution is 0.660. The Bertz CT molecular complexity index is 7810. The van der Waals surface area contributed by atoms with Gasteiger partial charge in [-0.1, -0.05) is 367 Å². The van der Waals surface area contributed by atoms with Crippen molar-refractivity contribution in [3.05, 3.63) is 471 Å². The average Bonchev–Trinajstić information content (AvgIpc) is 1.56. The van der Waals surface area contributed by atoms with Gasteiger partial charge in [-0.2, -0.15) is 0 Å². The molecule has 20 aromatic carbocycles. The molecule has 0 spiro atoms. The van der Waals surface area contributed by atoms with Crippen molar-refractivity contribution in [3.63, 3.8) is 0 Å². The highest BCUT2D eigenvalue weighted by atomic mass is 16.3. The Morgan fingerprint density at radius 1 is 0.159 bits per heavy atom. The van der Waals surface area contributed by atoms with E-state index in [2.05, 4.69) is 462 Å². The van der Waals surface area contributed by atoms with Crippen molar-refractivity contribution in [1.82, 2.24) is 0 Å². The number of hydrogen-bond acceptors (Lipinski definition) is 4. The molecule has 24 rings (SSSR count). The first-order valence-electron chi connectivity index (χ1n) is 43.6. The van der Waals surface area contributed by atoms with Gasteiger partial charge < -0.3 is 18.6 Å². The number of para-hydroxylation sites is 2. The van der Waals surface area contributed by atoms with Gasteiger partial charge in [0.2, 0.25) is 0 Å². The molecule has 2 heterocycles. The van der Waals surface area contributed by atoms with Gasteiger partial charge >= 0.3 is 0 Å². The van der Waals surface area contributed by atoms with Gasteiger partial charge in [0, 0.05) is 65.9 Å². The zero-order chi connectivity index (χ0) is 84.1. The highest BCUT2D eigenvalue weighted by molar-refractivity contribution is 6.12. The SMILES string of the molecule is CC1(C)c2cc(-c3ccccc3)ccc2-c2ccc(N(c3ccc(-c4ccc(-c5ccccc5)cc4)cc3)c3ccc(-c4ccc5oc6ccccc6c5c4)c4ccccc34)cc21.CC1(C)c2cc(-c3ccccc3)ccc2-c2ccc(N(c3ccc(-c4ccc5oc6ccccc6c5c4)cc3)c3ccc(-c4ccc(-c5ccccc5)cc4)c4ccccc34)cc21. The minimum absolute atomic E-state index is 0.200. The van der Waals surface area contributed by atoms with Crippen molar-refractivity contribution in [2.24, 2.45) is 0 Å². The molecule has 0 N–H and O–H groups in total. The molecule has 0 bridgehead atoms. The summed E-state index contributed by atoms with van der Waals surface area (Å²) in [6.45, 7) is 9.51. The first-order valence-corrected chi connectivity index (χ1v) is 43.6. The maximum absolute atomic E-state index is 6.23. The smallest absolute Gasteiger partial charge is 0.135 e. The van der Waals surface area contributed by atoms with E-state index >= 15 is 0 Å². The lowest BCUT2D eigenvalue weighted by atomic mass is 9.81. The fraction of sp³-hybridized carbons (Fsp3) is 0.0492. The van der Waals surface area contributed by atoms with E-state index in [1.54, 1.807) is 0 Å². The van der Waals surface area contributed by atoms with E-state index in [1.807, 2.05) is 24.3 Å². The molecule has 2 aliphatic rings. The predicted molar refractivity (Wildman–Crippen MR) is 530 cm³/mol. The van der Waals surface area contributed by atoms with Crippen LogP contribution in [-0.2, 0) is 10.8 Å². The second-order valence-electron chi connectivity index (χ2n) is 34.6. The molecule has 0 atom stereocenters. The highest BCUT2D eigenvalue weighted by Crippen LogP contribution is 2.56. The van der Waals surface area contributed by atoms with Crippen LogP contribution in [0.4, 0.5) is 34.1 Å². The molecule has 0 radical (unpaired) electrons. The van der Waals surface area contributed by atoms with Crippen molar-refractivity contribution in [1.29, 1.82) is 0 Å². The second-order valence-corrected chi connectivity index (χ2v) is 34.6. The standard InChI is InChI=1S/2C61H43NO/c1-61(2)56-38-46(41-15-7-4-8-16-41)27-32-51(56)52-33-31-48(39-57(52)61)62(47-29-25-43(26-30-47)45-28-36-60-55(37-45)54-19-11-12-20-59(54)63-60)58-35-34-49(50-17-9-10-18-53(50)58)44-23-21-42(22-24-44)40-13-5-3-6-14-40;1-61(2)56-38-45(41-15-7-4-8-16-41)27-32-51(56)52-33-31-48(39-57(52)61)62(47-29-25-44(26-30-47)43-23-21-42(22-24-43)40-13-5-3-6-14-40)58-35-34-49(50-17-9-10-18-53(50)58)46-28-36-60-55(37-46)54-19-11-12-20-59(54)63-60/h2*3-39H,1-2H3. The number of hydrogen-bond donors (Lipinski definition) is 0. The quantitative estimate of drug-likeness (QED) is 0.109. The molecule has 2 aliphatic carbocycles. The molecule has 4 nitrogen and oxygen atoms in total. The Balaban J connectivity index is 0.000000145. The van der Waals surface area contributed by atoms with Crippen LogP contribution in [0.2, 0.25) is 0 Å². The Labute approximate surface area is 734 Å². The monoisotopic (exact) mass is 1610 g/mol. The third-order valence-corrected chi connectivity index (χ3v) is 26.6. The van der Waals surface area contributed by atoms with Gasteiger partial charge in [-0.15, -0.1) is 0 Å². The summed E-state index contributed by atoms with van der Waals surface area (Å²) in [5, 5.41) is 9.32. The van der Waals surface area contributed by atoms with E-state index in [0.717, 1.165) is 94.7 Å². The average molecular weight is 1610 g/mol. The lowest BCUT2D eigenvalue weighted by Gasteiger charge is -2.29. The number of benzene rings is 20. The molecule has 0 unspecified atom stereocenters. The zero-order valence-corrected chi connectivity index (χ0v) is 70.4. The van der Waals surface area contributed by atoms with Gasteiger partial charge in [0.25, 0.3) is 0 Å². The fourth-order valence-electron chi connectivity index (χ4n) is 20.0. The molecule has 22 aromatic rings. The first-order chi connectivity index (χ1) is 61.9. The van der Waals surface area contributed by atoms with E-state index < -0.39 is 0 Å². The topological polar surface area (TPSA) is 32.8 Å². The summed E-state index contributed by atoms with van der Waals surface area (Å²) >= 11 is 0. The van der Waals surface area contributed by atoms with Crippen LogP contribution in [0.3, 0.4) is 0 Å². The van der Waals surface area contributed by atoms with Gasteiger partial charge in [-0.25, -0.2) is 0 Å². The van der Waals surface area contributed by atoms with Crippen LogP contribution < -0.4 is 9.80 Å². The zero-order valence-electron chi connectivity index (χ0n) is 70.4. The number of fused-ring (bicyclic) bond motifs is 14. The molecular formula is C122H86N2O2. The molecule has 0 saturated carbocycles. The van der Waals surface area contributed by atoms with E-state index in [1.165, 1.54) is 138 Å². The molecule has 0 aliphatic heterocycles. The lowest BCUT2D eigenvalue weighted by Crippen LogP contribution is -2.17. The van der Waals surface area contributed by atoms with Gasteiger partial charge in [-0.05, 0) is 253 Å². The summed E-state index contributed by atoms with van der Waals surface area (Å²) in [4.78, 5) is 4.91. The summed E-state index contributed by atoms with van der Waals surface area (Å²) in [5.41, 5.74) is 39.9. The van der Waals surface area contributed by atoms with Gasteiger partial charge in [-0.3, -0.25) is 0 Å². The van der Waals surface area contributed by atoms with Crippen LogP contribution in [0.15, 0.2) is 458 Å². The van der Waals surface area contributed by atoms with Gasteiger partial charge in [0.05, 0.1) is 11.4 Å². The Kier molecular flexibility index (Phi) is 18.3. The summed E-state index contributed by atoms with van der Waals surface area (Å²) in [6.07, 6.45) is 0. The third-order valence-electron chi connectivity index (χ3n) is 26.6. The van der Waals surface area contributed by atoms with Crippen LogP contribution in [0.5, 0.6) is 0 Å². The molecular weight excluding hydrogens is 1530 g/mol. The summed E-state index contributed by atoms with van der Waals surface area (Å²) in [6, 6.07) is 163. The van der Waals surface area contributed by atoms with Crippen molar-refractivity contribution >= 4 is 99.5 Å². The normalized spacial score (nSPS) is 12.7. The minimum atomic E-state index is -0.200. The van der Waals surface area contributed by atoms with E-state index in [0.29, 0.717) is 0 Å². The van der Waals surface area contributed by atoms with Crippen LogP contribution in [-0.4, -0.2) is 0 Å². The summed E-state index contributed by atoms with van der Waals surface area (Å²) in [5.74, 6) is 0. The maximum Gasteiger partial charge on any atom is 0.135 e. The Hall–Kier alpha value is -15.9. The van der Waals surface area contributed by atoms with Crippen molar-refractivity contribution in [2.45, 2.75) is 38.5 Å². The van der Waals surface area contributed by atoms with E-state index in [-0.39, 0.29) is 10.8 Å². The minimum Gasteiger partial charge on any atom is -0.456 e. The molecule has 0 amide bonds. The molecule has 2 aromatic heterocycles. The third kappa shape index (κ3) is 13.1. The Morgan fingerprint density at radius 2 is 0.405 bits per heavy atom. The van der Waals surface area contributed by atoms with Crippen molar-refractivity contribution in [3.8, 4) is 111 Å². The number of rotatable bonds is 14. The molecule has 0 saturated heterocycles. The molecule has 4 heteroatoms.